The van der Waals surface area contributed by atoms with Gasteiger partial charge in [0.05, 0.1) is 0 Å². The minimum absolute atomic E-state index is 0.816. The molecule has 210 valence electrons. The molecule has 0 aromatic rings. The number of hydrogen-bond donors (Lipinski definition) is 0. The smallest absolute Gasteiger partial charge is 0.00891 e. The number of hydrogen-bond acceptors (Lipinski definition) is 1. The molecule has 0 aliphatic carbocycles. The van der Waals surface area contributed by atoms with Crippen molar-refractivity contribution < 1.29 is 0 Å². The van der Waals surface area contributed by atoms with Crippen LogP contribution in [0.3, 0.4) is 0 Å². The average molecular weight is 492 g/mol. The molecule has 0 aliphatic heterocycles. The first-order chi connectivity index (χ1) is 17.2. The summed E-state index contributed by atoms with van der Waals surface area (Å²) < 4.78 is 0. The first-order valence-corrected chi connectivity index (χ1v) is 16.5. The molecule has 0 saturated carbocycles. The first kappa shape index (κ1) is 34.7. The average Bonchev–Trinajstić information content (AvgIpc) is 2.85. The van der Waals surface area contributed by atoms with Crippen molar-refractivity contribution in [3.05, 3.63) is 12.2 Å². The number of rotatable bonds is 29. The topological polar surface area (TPSA) is 3.24 Å². The second-order valence-electron chi connectivity index (χ2n) is 11.7. The lowest BCUT2D eigenvalue weighted by molar-refractivity contribution is 0.251. The lowest BCUT2D eigenvalue weighted by Gasteiger charge is -2.24. The van der Waals surface area contributed by atoms with Gasteiger partial charge in [-0.05, 0) is 52.6 Å². The highest BCUT2D eigenvalue weighted by Gasteiger charge is 2.10. The Morgan fingerprint density at radius 1 is 0.400 bits per heavy atom. The summed E-state index contributed by atoms with van der Waals surface area (Å²) >= 11 is 0. The third-order valence-electron chi connectivity index (χ3n) is 7.92. The summed E-state index contributed by atoms with van der Waals surface area (Å²) in [7, 11) is 4.58. The van der Waals surface area contributed by atoms with Gasteiger partial charge in [-0.25, -0.2) is 0 Å². The van der Waals surface area contributed by atoms with Gasteiger partial charge in [0.25, 0.3) is 0 Å². The van der Waals surface area contributed by atoms with Crippen molar-refractivity contribution in [2.45, 2.75) is 193 Å². The van der Waals surface area contributed by atoms with Crippen LogP contribution in [0.25, 0.3) is 0 Å². The van der Waals surface area contributed by atoms with Gasteiger partial charge in [0.15, 0.2) is 0 Å². The fourth-order valence-corrected chi connectivity index (χ4v) is 5.33. The molecule has 0 radical (unpaired) electrons. The fraction of sp³-hybridized carbons (Fsp3) is 0.941. The van der Waals surface area contributed by atoms with E-state index in [0.717, 1.165) is 6.04 Å². The van der Waals surface area contributed by atoms with E-state index in [0.29, 0.717) is 0 Å². The van der Waals surface area contributed by atoms with E-state index in [-0.39, 0.29) is 0 Å². The van der Waals surface area contributed by atoms with Gasteiger partial charge in [-0.15, -0.1) is 0 Å². The van der Waals surface area contributed by atoms with Crippen LogP contribution >= 0.6 is 0 Å². The maximum Gasteiger partial charge on any atom is 0.00891 e. The van der Waals surface area contributed by atoms with Crippen LogP contribution in [-0.2, 0) is 0 Å². The Bertz CT molecular complexity index is 399. The van der Waals surface area contributed by atoms with Gasteiger partial charge in [-0.1, -0.05) is 161 Å². The van der Waals surface area contributed by atoms with E-state index < -0.39 is 0 Å². The van der Waals surface area contributed by atoms with Crippen molar-refractivity contribution in [1.29, 1.82) is 0 Å². The van der Waals surface area contributed by atoms with Crippen molar-refractivity contribution in [2.75, 3.05) is 14.1 Å². The van der Waals surface area contributed by atoms with Crippen molar-refractivity contribution in [1.82, 2.24) is 4.90 Å². The predicted octanol–water partition coefficient (Wildman–Crippen LogP) is 12.0. The van der Waals surface area contributed by atoms with Gasteiger partial charge in [0, 0.05) is 6.04 Å². The highest BCUT2D eigenvalue weighted by molar-refractivity contribution is 4.81. The highest BCUT2D eigenvalue weighted by atomic mass is 15.1. The lowest BCUT2D eigenvalue weighted by atomic mass is 9.99. The molecule has 1 atom stereocenters. The summed E-state index contributed by atoms with van der Waals surface area (Å²) in [5.74, 6) is 0. The summed E-state index contributed by atoms with van der Waals surface area (Å²) in [4.78, 5) is 2.49. The summed E-state index contributed by atoms with van der Waals surface area (Å²) in [6, 6.07) is 0.816. The monoisotopic (exact) mass is 492 g/mol. The second kappa shape index (κ2) is 29.9. The normalized spacial score (nSPS) is 12.8. The Labute approximate surface area is 224 Å². The van der Waals surface area contributed by atoms with Gasteiger partial charge >= 0.3 is 0 Å². The fourth-order valence-electron chi connectivity index (χ4n) is 5.33. The molecule has 0 fully saturated rings. The van der Waals surface area contributed by atoms with Crippen LogP contribution in [0, 0.1) is 0 Å². The van der Waals surface area contributed by atoms with Crippen LogP contribution in [-0.4, -0.2) is 25.0 Å². The first-order valence-electron chi connectivity index (χ1n) is 16.5. The van der Waals surface area contributed by atoms with Crippen molar-refractivity contribution in [2.24, 2.45) is 0 Å². The minimum Gasteiger partial charge on any atom is -0.306 e. The standard InChI is InChI=1S/C34H69N/c1-5-7-9-11-13-14-15-16-17-18-19-20-21-22-23-24-25-27-29-31-33-34(35(3)4)32-30-28-26-12-10-8-6-2/h15-16,34H,5-14,17-33H2,1-4H3/b16-15-. The Balaban J connectivity index is 3.35. The molecule has 1 heteroatoms. The molecular weight excluding hydrogens is 422 g/mol. The zero-order chi connectivity index (χ0) is 25.7. The van der Waals surface area contributed by atoms with Crippen molar-refractivity contribution in [3.8, 4) is 0 Å². The zero-order valence-corrected chi connectivity index (χ0v) is 25.3. The Hall–Kier alpha value is -0.300. The molecule has 0 N–H and O–H groups in total. The number of allylic oxidation sites excluding steroid dienone is 2. The van der Waals surface area contributed by atoms with Gasteiger partial charge in [-0.3, -0.25) is 0 Å². The summed E-state index contributed by atoms with van der Waals surface area (Å²) in [5, 5.41) is 0. The molecule has 35 heavy (non-hydrogen) atoms. The van der Waals surface area contributed by atoms with Crippen LogP contribution in [0.2, 0.25) is 0 Å². The summed E-state index contributed by atoms with van der Waals surface area (Å²) in [6.45, 7) is 4.60. The van der Waals surface area contributed by atoms with Crippen LogP contribution < -0.4 is 0 Å². The van der Waals surface area contributed by atoms with E-state index >= 15 is 0 Å². The largest absolute Gasteiger partial charge is 0.306 e. The number of nitrogens with zero attached hydrogens (tertiary/aromatic N) is 1. The Kier molecular flexibility index (Phi) is 29.7. The van der Waals surface area contributed by atoms with Gasteiger partial charge in [0.1, 0.15) is 0 Å². The summed E-state index contributed by atoms with van der Waals surface area (Å²) in [6.07, 6.45) is 43.3. The second-order valence-corrected chi connectivity index (χ2v) is 11.7. The molecule has 0 aromatic carbocycles. The summed E-state index contributed by atoms with van der Waals surface area (Å²) in [5.41, 5.74) is 0. The molecule has 0 aliphatic rings. The molecule has 0 aromatic heterocycles. The van der Waals surface area contributed by atoms with E-state index in [1.54, 1.807) is 0 Å². The maximum absolute atomic E-state index is 2.49. The SMILES string of the molecule is CCCCCCC/C=C\CCCCCCCCCCCCCC(CCCCCCCCC)N(C)C. The Morgan fingerprint density at radius 2 is 0.686 bits per heavy atom. The molecule has 0 spiro atoms. The lowest BCUT2D eigenvalue weighted by Crippen LogP contribution is -2.27. The molecule has 0 rings (SSSR count). The molecule has 1 unspecified atom stereocenters. The number of unbranched alkanes of at least 4 members (excludes halogenated alkanes) is 22. The van der Waals surface area contributed by atoms with Gasteiger partial charge in [-0.2, -0.15) is 0 Å². The third kappa shape index (κ3) is 28.1. The predicted molar refractivity (Wildman–Crippen MR) is 163 cm³/mol. The van der Waals surface area contributed by atoms with Crippen LogP contribution in [0.4, 0.5) is 0 Å². The van der Waals surface area contributed by atoms with E-state index in [2.05, 4.69) is 45.0 Å². The van der Waals surface area contributed by atoms with Crippen molar-refractivity contribution >= 4 is 0 Å². The molecule has 0 bridgehead atoms. The molecule has 0 amide bonds. The van der Waals surface area contributed by atoms with Crippen LogP contribution in [0.15, 0.2) is 12.2 Å². The van der Waals surface area contributed by atoms with Crippen molar-refractivity contribution in [3.63, 3.8) is 0 Å². The Morgan fingerprint density at radius 3 is 1.00 bits per heavy atom. The van der Waals surface area contributed by atoms with Crippen LogP contribution in [0.5, 0.6) is 0 Å². The van der Waals surface area contributed by atoms with E-state index in [9.17, 15) is 0 Å². The molecule has 0 heterocycles. The quantitative estimate of drug-likeness (QED) is 0.0742. The van der Waals surface area contributed by atoms with E-state index in [4.69, 9.17) is 0 Å². The van der Waals surface area contributed by atoms with Gasteiger partial charge in [0.2, 0.25) is 0 Å². The third-order valence-corrected chi connectivity index (χ3v) is 7.92. The maximum atomic E-state index is 2.49. The van der Waals surface area contributed by atoms with E-state index in [1.165, 1.54) is 173 Å². The molecule has 0 saturated heterocycles. The van der Waals surface area contributed by atoms with E-state index in [1.807, 2.05) is 0 Å². The van der Waals surface area contributed by atoms with Crippen LogP contribution in [0.1, 0.15) is 187 Å². The molecule has 1 nitrogen and oxygen atoms in total. The minimum atomic E-state index is 0.816. The van der Waals surface area contributed by atoms with Gasteiger partial charge < -0.3 is 4.90 Å². The zero-order valence-electron chi connectivity index (χ0n) is 25.3. The molecular formula is C34H69N. The highest BCUT2D eigenvalue weighted by Crippen LogP contribution is 2.18.